The van der Waals surface area contributed by atoms with E-state index in [1.54, 1.807) is 4.90 Å². The van der Waals surface area contributed by atoms with Gasteiger partial charge in [0.2, 0.25) is 5.91 Å². The number of halogens is 3. The van der Waals surface area contributed by atoms with Crippen LogP contribution in [0.4, 0.5) is 13.2 Å². The monoisotopic (exact) mass is 437 g/mol. The van der Waals surface area contributed by atoms with Crippen LogP contribution < -0.4 is 0 Å². The number of hydrogen-bond acceptors (Lipinski definition) is 3. The molecule has 0 bridgehead atoms. The standard InChI is InChI=1S/C23H30F3N3O2/c24-23(25,26)19-9-7-18(8-10-19)21(30)29-15-13-27(14-16-29)20(17-5-1-2-6-17)22(31)28-11-3-4-12-28/h7-10,17,20H,1-6,11-16H2/t20-/m1/s1. The molecule has 0 unspecified atom stereocenters. The Balaban J connectivity index is 1.40. The molecule has 2 saturated heterocycles. The lowest BCUT2D eigenvalue weighted by Crippen LogP contribution is -2.58. The van der Waals surface area contributed by atoms with E-state index in [0.717, 1.165) is 50.9 Å². The second-order valence-electron chi connectivity index (χ2n) is 8.93. The van der Waals surface area contributed by atoms with Gasteiger partial charge in [0.15, 0.2) is 0 Å². The van der Waals surface area contributed by atoms with E-state index in [0.29, 0.717) is 32.1 Å². The van der Waals surface area contributed by atoms with Crippen LogP contribution >= 0.6 is 0 Å². The first-order valence-corrected chi connectivity index (χ1v) is 11.3. The van der Waals surface area contributed by atoms with Crippen LogP contribution in [-0.4, -0.2) is 71.8 Å². The molecule has 170 valence electrons. The maximum atomic E-state index is 13.3. The summed E-state index contributed by atoms with van der Waals surface area (Å²) in [6.07, 6.45) is 2.22. The first-order valence-electron chi connectivity index (χ1n) is 11.3. The minimum atomic E-state index is -4.41. The maximum Gasteiger partial charge on any atom is 0.416 e. The molecule has 1 aromatic rings. The molecule has 3 aliphatic rings. The van der Waals surface area contributed by atoms with Crippen LogP contribution in [-0.2, 0) is 11.0 Å². The van der Waals surface area contributed by atoms with Crippen LogP contribution in [0.1, 0.15) is 54.4 Å². The van der Waals surface area contributed by atoms with Gasteiger partial charge in [0, 0.05) is 44.8 Å². The fraction of sp³-hybridized carbons (Fsp3) is 0.652. The topological polar surface area (TPSA) is 43.9 Å². The average molecular weight is 438 g/mol. The molecule has 3 fully saturated rings. The average Bonchev–Trinajstić information content (AvgIpc) is 3.48. The van der Waals surface area contributed by atoms with E-state index in [1.807, 2.05) is 4.90 Å². The van der Waals surface area contributed by atoms with Crippen molar-refractivity contribution in [2.75, 3.05) is 39.3 Å². The molecule has 1 atom stereocenters. The summed E-state index contributed by atoms with van der Waals surface area (Å²) in [4.78, 5) is 32.0. The number of likely N-dealkylation sites (tertiary alicyclic amines) is 1. The molecule has 1 aliphatic carbocycles. The highest BCUT2D eigenvalue weighted by molar-refractivity contribution is 5.94. The predicted molar refractivity (Wildman–Crippen MR) is 110 cm³/mol. The van der Waals surface area contributed by atoms with Gasteiger partial charge in [-0.1, -0.05) is 12.8 Å². The number of carbonyl (C=O) groups excluding carboxylic acids is 2. The Kier molecular flexibility index (Phi) is 6.55. The minimum Gasteiger partial charge on any atom is -0.341 e. The van der Waals surface area contributed by atoms with Crippen molar-refractivity contribution in [2.45, 2.75) is 50.7 Å². The quantitative estimate of drug-likeness (QED) is 0.723. The van der Waals surface area contributed by atoms with Crippen molar-refractivity contribution in [3.63, 3.8) is 0 Å². The number of hydrogen-bond donors (Lipinski definition) is 0. The molecular weight excluding hydrogens is 407 g/mol. The maximum absolute atomic E-state index is 13.3. The van der Waals surface area contributed by atoms with Crippen LogP contribution in [0.15, 0.2) is 24.3 Å². The molecule has 1 saturated carbocycles. The Morgan fingerprint density at radius 2 is 1.39 bits per heavy atom. The van der Waals surface area contributed by atoms with Crippen molar-refractivity contribution < 1.29 is 22.8 Å². The molecule has 2 aliphatic heterocycles. The molecule has 0 radical (unpaired) electrons. The summed E-state index contributed by atoms with van der Waals surface area (Å²) < 4.78 is 38.3. The minimum absolute atomic E-state index is 0.107. The van der Waals surface area contributed by atoms with Crippen molar-refractivity contribution >= 4 is 11.8 Å². The Morgan fingerprint density at radius 3 is 1.94 bits per heavy atom. The molecule has 5 nitrogen and oxygen atoms in total. The molecule has 2 amide bonds. The smallest absolute Gasteiger partial charge is 0.341 e. The van der Waals surface area contributed by atoms with E-state index in [2.05, 4.69) is 4.90 Å². The number of benzene rings is 1. The number of nitrogens with zero attached hydrogens (tertiary/aromatic N) is 3. The highest BCUT2D eigenvalue weighted by atomic mass is 19.4. The molecule has 1 aromatic carbocycles. The van der Waals surface area contributed by atoms with E-state index >= 15 is 0 Å². The second kappa shape index (κ2) is 9.18. The summed E-state index contributed by atoms with van der Waals surface area (Å²) in [6, 6.07) is 4.29. The van der Waals surface area contributed by atoms with Gasteiger partial charge in [0.05, 0.1) is 11.6 Å². The number of alkyl halides is 3. The molecule has 31 heavy (non-hydrogen) atoms. The lowest BCUT2D eigenvalue weighted by Gasteiger charge is -2.42. The van der Waals surface area contributed by atoms with Gasteiger partial charge in [0.1, 0.15) is 0 Å². The summed E-state index contributed by atoms with van der Waals surface area (Å²) in [5.74, 6) is 0.369. The lowest BCUT2D eigenvalue weighted by molar-refractivity contribution is -0.139. The molecule has 4 rings (SSSR count). The summed E-state index contributed by atoms with van der Waals surface area (Å²) in [5, 5.41) is 0. The highest BCUT2D eigenvalue weighted by Gasteiger charge is 2.40. The van der Waals surface area contributed by atoms with Gasteiger partial charge >= 0.3 is 6.18 Å². The third-order valence-corrected chi connectivity index (χ3v) is 6.97. The summed E-state index contributed by atoms with van der Waals surface area (Å²) in [6.45, 7) is 3.88. The first kappa shape index (κ1) is 22.1. The normalized spacial score (nSPS) is 22.2. The predicted octanol–water partition coefficient (Wildman–Crippen LogP) is 3.64. The molecular formula is C23H30F3N3O2. The number of piperazine rings is 1. The van der Waals surface area contributed by atoms with Gasteiger partial charge in [-0.3, -0.25) is 14.5 Å². The lowest BCUT2D eigenvalue weighted by atomic mass is 9.94. The Bertz CT molecular complexity index is 776. The molecule has 0 aromatic heterocycles. The number of rotatable bonds is 4. The van der Waals surface area contributed by atoms with Crippen LogP contribution in [0.2, 0.25) is 0 Å². The molecule has 0 spiro atoms. The van der Waals surface area contributed by atoms with Crippen LogP contribution in [0.5, 0.6) is 0 Å². The van der Waals surface area contributed by atoms with Crippen molar-refractivity contribution in [1.29, 1.82) is 0 Å². The van der Waals surface area contributed by atoms with Gasteiger partial charge < -0.3 is 9.80 Å². The first-order chi connectivity index (χ1) is 14.8. The van der Waals surface area contributed by atoms with Gasteiger partial charge in [-0.25, -0.2) is 0 Å². The van der Waals surface area contributed by atoms with Crippen LogP contribution in [0.3, 0.4) is 0 Å². The fourth-order valence-electron chi connectivity index (χ4n) is 5.24. The van der Waals surface area contributed by atoms with Gasteiger partial charge in [-0.15, -0.1) is 0 Å². The Hall–Kier alpha value is -2.09. The second-order valence-corrected chi connectivity index (χ2v) is 8.93. The van der Waals surface area contributed by atoms with Crippen LogP contribution in [0, 0.1) is 5.92 Å². The third kappa shape index (κ3) is 4.89. The summed E-state index contributed by atoms with van der Waals surface area (Å²) in [7, 11) is 0. The molecule has 0 N–H and O–H groups in total. The van der Waals surface area contributed by atoms with E-state index in [4.69, 9.17) is 0 Å². The van der Waals surface area contributed by atoms with E-state index in [-0.39, 0.29) is 23.4 Å². The van der Waals surface area contributed by atoms with Crippen molar-refractivity contribution in [2.24, 2.45) is 5.92 Å². The SMILES string of the molecule is O=C(c1ccc(C(F)(F)F)cc1)N1CCN([C@@H](C(=O)N2CCCC2)C2CCCC2)CC1. The fourth-order valence-corrected chi connectivity index (χ4v) is 5.24. The van der Waals surface area contributed by atoms with Gasteiger partial charge in [-0.2, -0.15) is 13.2 Å². The summed E-state index contributed by atoms with van der Waals surface area (Å²) >= 11 is 0. The third-order valence-electron chi connectivity index (χ3n) is 6.97. The zero-order valence-corrected chi connectivity index (χ0v) is 17.7. The highest BCUT2D eigenvalue weighted by Crippen LogP contribution is 2.33. The Morgan fingerprint density at radius 1 is 0.806 bits per heavy atom. The van der Waals surface area contributed by atoms with E-state index in [9.17, 15) is 22.8 Å². The molecule has 8 heteroatoms. The zero-order chi connectivity index (χ0) is 22.0. The molecule has 2 heterocycles. The number of carbonyl (C=O) groups is 2. The van der Waals surface area contributed by atoms with Crippen molar-refractivity contribution in [3.8, 4) is 0 Å². The van der Waals surface area contributed by atoms with E-state index < -0.39 is 11.7 Å². The van der Waals surface area contributed by atoms with E-state index in [1.165, 1.54) is 25.0 Å². The van der Waals surface area contributed by atoms with Crippen LogP contribution in [0.25, 0.3) is 0 Å². The van der Waals surface area contributed by atoms with Gasteiger partial charge in [0.25, 0.3) is 5.91 Å². The zero-order valence-electron chi connectivity index (χ0n) is 17.7. The Labute approximate surface area is 181 Å². The van der Waals surface area contributed by atoms with Crippen molar-refractivity contribution in [1.82, 2.24) is 14.7 Å². The van der Waals surface area contributed by atoms with Crippen molar-refractivity contribution in [3.05, 3.63) is 35.4 Å². The largest absolute Gasteiger partial charge is 0.416 e. The summed E-state index contributed by atoms with van der Waals surface area (Å²) in [5.41, 5.74) is -0.490. The number of amides is 2. The van der Waals surface area contributed by atoms with Gasteiger partial charge in [-0.05, 0) is 55.9 Å².